The largest absolute Gasteiger partial charge is 0.480 e. The van der Waals surface area contributed by atoms with Gasteiger partial charge >= 0.3 is 18.2 Å². The number of aliphatic carboxylic acids is 1. The Morgan fingerprint density at radius 2 is 1.90 bits per heavy atom. The van der Waals surface area contributed by atoms with Crippen LogP contribution in [0.15, 0.2) is 12.7 Å². The van der Waals surface area contributed by atoms with Gasteiger partial charge in [-0.25, -0.2) is 14.4 Å². The van der Waals surface area contributed by atoms with E-state index in [4.69, 9.17) is 9.84 Å². The molecule has 0 aliphatic carbocycles. The number of alkyl carbamates (subject to hydrolysis) is 2. The molecule has 120 valence electrons. The molecule has 0 aliphatic rings. The highest BCUT2D eigenvalue weighted by Gasteiger charge is 2.23. The van der Waals surface area contributed by atoms with Gasteiger partial charge in [-0.3, -0.25) is 0 Å². The van der Waals surface area contributed by atoms with E-state index < -0.39 is 29.8 Å². The van der Waals surface area contributed by atoms with Gasteiger partial charge in [-0.15, -0.1) is 0 Å². The van der Waals surface area contributed by atoms with E-state index in [0.717, 1.165) is 0 Å². The predicted octanol–water partition coefficient (Wildman–Crippen LogP) is 1.27. The van der Waals surface area contributed by atoms with Gasteiger partial charge in [-0.2, -0.15) is 0 Å². The molecule has 0 aromatic rings. The molecule has 8 heteroatoms. The second-order valence-corrected chi connectivity index (χ2v) is 5.14. The lowest BCUT2D eigenvalue weighted by Crippen LogP contribution is -2.45. The van der Waals surface area contributed by atoms with Crippen LogP contribution >= 0.6 is 0 Å². The second-order valence-electron chi connectivity index (χ2n) is 5.14. The standard InChI is InChI=1S/C13H22N2O6/c1-5-8-20-11(18)14-7-6-9(10(16)17)15-12(19)21-13(2,3)4/h5,9H,1,6-8H2,2-4H3,(H,14,18)(H,15,19)(H,16,17)/t9-/m1/s1. The van der Waals surface area contributed by atoms with E-state index in [2.05, 4.69) is 21.9 Å². The Hall–Kier alpha value is -2.25. The van der Waals surface area contributed by atoms with Crippen molar-refractivity contribution >= 4 is 18.2 Å². The van der Waals surface area contributed by atoms with Crippen molar-refractivity contribution in [2.75, 3.05) is 13.2 Å². The van der Waals surface area contributed by atoms with Crippen LogP contribution in [0.4, 0.5) is 9.59 Å². The van der Waals surface area contributed by atoms with Crippen LogP contribution in [0, 0.1) is 0 Å². The van der Waals surface area contributed by atoms with Crippen LogP contribution in [-0.2, 0) is 14.3 Å². The van der Waals surface area contributed by atoms with E-state index in [1.165, 1.54) is 6.08 Å². The average molecular weight is 302 g/mol. The molecule has 0 spiro atoms. The number of carbonyl (C=O) groups excluding carboxylic acids is 2. The summed E-state index contributed by atoms with van der Waals surface area (Å²) in [5.74, 6) is -1.22. The maximum Gasteiger partial charge on any atom is 0.408 e. The van der Waals surface area contributed by atoms with Crippen LogP contribution in [0.2, 0.25) is 0 Å². The number of amides is 2. The third kappa shape index (κ3) is 10.2. The van der Waals surface area contributed by atoms with Crippen LogP contribution in [0.1, 0.15) is 27.2 Å². The summed E-state index contributed by atoms with van der Waals surface area (Å²) in [6, 6.07) is -1.17. The molecule has 8 nitrogen and oxygen atoms in total. The Morgan fingerprint density at radius 3 is 2.38 bits per heavy atom. The molecule has 0 unspecified atom stereocenters. The molecule has 21 heavy (non-hydrogen) atoms. The zero-order chi connectivity index (χ0) is 16.5. The Morgan fingerprint density at radius 1 is 1.29 bits per heavy atom. The molecule has 0 aromatic carbocycles. The van der Waals surface area contributed by atoms with E-state index in [0.29, 0.717) is 0 Å². The average Bonchev–Trinajstić information content (AvgIpc) is 2.32. The minimum absolute atomic E-state index is 0.00222. The normalized spacial score (nSPS) is 12.0. The van der Waals surface area contributed by atoms with E-state index in [1.807, 2.05) is 0 Å². The highest BCUT2D eigenvalue weighted by Crippen LogP contribution is 2.07. The van der Waals surface area contributed by atoms with Gasteiger partial charge in [0, 0.05) is 6.54 Å². The fourth-order valence-electron chi connectivity index (χ4n) is 1.21. The molecule has 3 N–H and O–H groups in total. The van der Waals surface area contributed by atoms with Crippen LogP contribution in [0.3, 0.4) is 0 Å². The predicted molar refractivity (Wildman–Crippen MR) is 75.0 cm³/mol. The zero-order valence-electron chi connectivity index (χ0n) is 12.5. The molecule has 0 aromatic heterocycles. The number of hydrogen-bond acceptors (Lipinski definition) is 5. The van der Waals surface area contributed by atoms with Crippen molar-refractivity contribution in [1.82, 2.24) is 10.6 Å². The van der Waals surface area contributed by atoms with Gasteiger partial charge in [0.1, 0.15) is 18.2 Å². The van der Waals surface area contributed by atoms with Crippen molar-refractivity contribution in [3.63, 3.8) is 0 Å². The van der Waals surface area contributed by atoms with Crippen molar-refractivity contribution in [1.29, 1.82) is 0 Å². The zero-order valence-corrected chi connectivity index (χ0v) is 12.5. The highest BCUT2D eigenvalue weighted by molar-refractivity contribution is 5.80. The number of hydrogen-bond donors (Lipinski definition) is 3. The first-order chi connectivity index (χ1) is 9.65. The van der Waals surface area contributed by atoms with E-state index in [9.17, 15) is 14.4 Å². The lowest BCUT2D eigenvalue weighted by molar-refractivity contribution is -0.139. The van der Waals surface area contributed by atoms with Crippen LogP contribution in [0.5, 0.6) is 0 Å². The SMILES string of the molecule is C=CCOC(=O)NCC[C@@H](NC(=O)OC(C)(C)C)C(=O)O. The fraction of sp³-hybridized carbons (Fsp3) is 0.615. The highest BCUT2D eigenvalue weighted by atomic mass is 16.6. The van der Waals surface area contributed by atoms with Crippen molar-refractivity contribution < 1.29 is 29.0 Å². The number of carboxylic acid groups (broad SMARTS) is 1. The van der Waals surface area contributed by atoms with Crippen molar-refractivity contribution in [3.8, 4) is 0 Å². The van der Waals surface area contributed by atoms with Crippen LogP contribution in [0.25, 0.3) is 0 Å². The first-order valence-electron chi connectivity index (χ1n) is 6.39. The number of carboxylic acids is 1. The molecule has 0 aliphatic heterocycles. The van der Waals surface area contributed by atoms with E-state index >= 15 is 0 Å². The molecule has 1 atom stereocenters. The Bertz CT molecular complexity index is 389. The first kappa shape index (κ1) is 18.8. The Kier molecular flexibility index (Phi) is 7.88. The van der Waals surface area contributed by atoms with Gasteiger partial charge in [0.25, 0.3) is 0 Å². The number of carbonyl (C=O) groups is 3. The number of rotatable bonds is 7. The minimum Gasteiger partial charge on any atom is -0.480 e. The summed E-state index contributed by atoms with van der Waals surface area (Å²) in [5.41, 5.74) is -0.722. The summed E-state index contributed by atoms with van der Waals surface area (Å²) in [5, 5.41) is 13.6. The maximum absolute atomic E-state index is 11.5. The molecule has 0 bridgehead atoms. The molecule has 0 saturated heterocycles. The maximum atomic E-state index is 11.5. The summed E-state index contributed by atoms with van der Waals surface area (Å²) in [6.07, 6.45) is -0.109. The summed E-state index contributed by atoms with van der Waals surface area (Å²) >= 11 is 0. The van der Waals surface area contributed by atoms with Gasteiger partial charge < -0.3 is 25.2 Å². The van der Waals surface area contributed by atoms with Crippen molar-refractivity contribution in [2.45, 2.75) is 38.8 Å². The molecule has 0 heterocycles. The lowest BCUT2D eigenvalue weighted by Gasteiger charge is -2.22. The van der Waals surface area contributed by atoms with Gasteiger partial charge in [0.15, 0.2) is 0 Å². The smallest absolute Gasteiger partial charge is 0.408 e. The molecule has 0 radical (unpaired) electrons. The fourth-order valence-corrected chi connectivity index (χ4v) is 1.21. The summed E-state index contributed by atoms with van der Waals surface area (Å²) in [6.45, 7) is 8.47. The summed E-state index contributed by atoms with van der Waals surface area (Å²) in [7, 11) is 0. The van der Waals surface area contributed by atoms with Crippen LogP contribution < -0.4 is 10.6 Å². The molecular formula is C13H22N2O6. The van der Waals surface area contributed by atoms with Crippen molar-refractivity contribution in [2.24, 2.45) is 0 Å². The third-order valence-electron chi connectivity index (χ3n) is 2.02. The minimum atomic E-state index is -1.22. The van der Waals surface area contributed by atoms with Crippen LogP contribution in [-0.4, -0.2) is 48.1 Å². The summed E-state index contributed by atoms with van der Waals surface area (Å²) < 4.78 is 9.62. The topological polar surface area (TPSA) is 114 Å². The molecule has 2 amide bonds. The van der Waals surface area contributed by atoms with Gasteiger partial charge in [0.2, 0.25) is 0 Å². The summed E-state index contributed by atoms with van der Waals surface area (Å²) in [4.78, 5) is 33.6. The monoisotopic (exact) mass is 302 g/mol. The number of nitrogens with one attached hydrogen (secondary N) is 2. The van der Waals surface area contributed by atoms with Gasteiger partial charge in [0.05, 0.1) is 0 Å². The molecule has 0 fully saturated rings. The Labute approximate surface area is 123 Å². The van der Waals surface area contributed by atoms with Gasteiger partial charge in [-0.1, -0.05) is 12.7 Å². The third-order valence-corrected chi connectivity index (χ3v) is 2.02. The van der Waals surface area contributed by atoms with E-state index in [1.54, 1.807) is 20.8 Å². The van der Waals surface area contributed by atoms with Crippen molar-refractivity contribution in [3.05, 3.63) is 12.7 Å². The van der Waals surface area contributed by atoms with Gasteiger partial charge in [-0.05, 0) is 27.2 Å². The quantitative estimate of drug-likeness (QED) is 0.610. The lowest BCUT2D eigenvalue weighted by atomic mass is 10.2. The molecular weight excluding hydrogens is 280 g/mol. The van der Waals surface area contributed by atoms with E-state index in [-0.39, 0.29) is 19.6 Å². The first-order valence-corrected chi connectivity index (χ1v) is 6.39. The Balaban J connectivity index is 4.20. The molecule has 0 rings (SSSR count). The molecule has 0 saturated carbocycles. The number of ether oxygens (including phenoxy) is 2. The second kappa shape index (κ2) is 8.83.